The van der Waals surface area contributed by atoms with Crippen molar-refractivity contribution in [3.63, 3.8) is 0 Å². The Balaban J connectivity index is 1.62. The van der Waals surface area contributed by atoms with E-state index >= 15 is 0 Å². The molecule has 3 aromatic rings. The third kappa shape index (κ3) is 4.71. The minimum Gasteiger partial charge on any atom is -0.345 e. The molecule has 0 saturated heterocycles. The molecular weight excluding hydrogens is 366 g/mol. The lowest BCUT2D eigenvalue weighted by Crippen LogP contribution is -2.29. The zero-order valence-corrected chi connectivity index (χ0v) is 17.6. The molecule has 152 valence electrons. The van der Waals surface area contributed by atoms with Gasteiger partial charge in [0.25, 0.3) is 5.91 Å². The molecule has 1 N–H and O–H groups in total. The smallest absolute Gasteiger partial charge is 0.252 e. The van der Waals surface area contributed by atoms with E-state index in [1.54, 1.807) is 0 Å². The zero-order chi connectivity index (χ0) is 20.8. The summed E-state index contributed by atoms with van der Waals surface area (Å²) in [4.78, 5) is 13.4. The van der Waals surface area contributed by atoms with Gasteiger partial charge >= 0.3 is 0 Å². The molecule has 1 amide bonds. The van der Waals surface area contributed by atoms with E-state index in [4.69, 9.17) is 0 Å². The van der Waals surface area contributed by atoms with Crippen LogP contribution in [0.3, 0.4) is 0 Å². The van der Waals surface area contributed by atoms with E-state index in [0.29, 0.717) is 5.57 Å². The van der Waals surface area contributed by atoms with Crippen molar-refractivity contribution in [2.45, 2.75) is 45.1 Å². The molecule has 0 radical (unpaired) electrons. The van der Waals surface area contributed by atoms with Crippen LogP contribution in [0.4, 0.5) is 0 Å². The Bertz CT molecular complexity index is 1020. The summed E-state index contributed by atoms with van der Waals surface area (Å²) < 4.78 is 0. The van der Waals surface area contributed by atoms with Gasteiger partial charge in [0.2, 0.25) is 0 Å². The van der Waals surface area contributed by atoms with Crippen molar-refractivity contribution in [2.75, 3.05) is 0 Å². The number of nitrogens with one attached hydrogen (secondary N) is 1. The van der Waals surface area contributed by atoms with Crippen LogP contribution in [-0.2, 0) is 17.6 Å². The fraction of sp³-hybridized carbons (Fsp3) is 0.250. The van der Waals surface area contributed by atoms with Gasteiger partial charge in [-0.1, -0.05) is 85.8 Å². The van der Waals surface area contributed by atoms with Crippen LogP contribution in [0.1, 0.15) is 60.0 Å². The first-order valence-electron chi connectivity index (χ1n) is 11.0. The van der Waals surface area contributed by atoms with Gasteiger partial charge in [0.05, 0.1) is 6.04 Å². The molecule has 0 aromatic heterocycles. The number of fused-ring (bicyclic) bond motifs is 1. The maximum atomic E-state index is 13.4. The van der Waals surface area contributed by atoms with Crippen LogP contribution in [-0.4, -0.2) is 5.91 Å². The molecule has 2 nitrogen and oxygen atoms in total. The average molecular weight is 396 g/mol. The van der Waals surface area contributed by atoms with Crippen molar-refractivity contribution >= 4 is 17.6 Å². The van der Waals surface area contributed by atoms with Crippen molar-refractivity contribution in [3.05, 3.63) is 107 Å². The monoisotopic (exact) mass is 395 g/mol. The summed E-state index contributed by atoms with van der Waals surface area (Å²) in [6.45, 7) is 2.13. The second-order valence-electron chi connectivity index (χ2n) is 8.00. The highest BCUT2D eigenvalue weighted by Crippen LogP contribution is 2.27. The molecule has 0 aliphatic heterocycles. The van der Waals surface area contributed by atoms with Crippen LogP contribution in [0.2, 0.25) is 0 Å². The molecule has 0 bridgehead atoms. The molecule has 0 unspecified atom stereocenters. The quantitative estimate of drug-likeness (QED) is 0.381. The standard InChI is InChI=1S/C28H29NO/c1-2-27(25-18-17-22-13-9-10-16-24(22)20-25)29-28(30)26(23-14-7-4-8-15-23)19-21-11-5-3-6-12-21/h3-8,11-12,14-15,17-20,27H,2,9-10,13,16H2,1H3,(H,29,30)/b26-19+/t27-/m1/s1. The highest BCUT2D eigenvalue weighted by atomic mass is 16.1. The highest BCUT2D eigenvalue weighted by Gasteiger charge is 2.19. The van der Waals surface area contributed by atoms with Gasteiger partial charge in [-0.05, 0) is 66.0 Å². The van der Waals surface area contributed by atoms with E-state index < -0.39 is 0 Å². The van der Waals surface area contributed by atoms with Crippen LogP contribution < -0.4 is 5.32 Å². The van der Waals surface area contributed by atoms with Crippen molar-refractivity contribution in [3.8, 4) is 0 Å². The van der Waals surface area contributed by atoms with E-state index in [1.807, 2.05) is 66.7 Å². The molecule has 4 rings (SSSR count). The summed E-state index contributed by atoms with van der Waals surface area (Å²) in [7, 11) is 0. The molecule has 1 atom stereocenters. The summed E-state index contributed by atoms with van der Waals surface area (Å²) >= 11 is 0. The Morgan fingerprint density at radius 1 is 0.900 bits per heavy atom. The van der Waals surface area contributed by atoms with E-state index in [0.717, 1.165) is 24.0 Å². The summed E-state index contributed by atoms with van der Waals surface area (Å²) in [5.74, 6) is -0.0328. The number of carbonyl (C=O) groups is 1. The molecule has 1 aliphatic carbocycles. The predicted octanol–water partition coefficient (Wildman–Crippen LogP) is 6.37. The summed E-state index contributed by atoms with van der Waals surface area (Å²) in [6.07, 6.45) is 7.71. The second-order valence-corrected chi connectivity index (χ2v) is 8.00. The Morgan fingerprint density at radius 2 is 1.57 bits per heavy atom. The van der Waals surface area contributed by atoms with Crippen molar-refractivity contribution in [1.82, 2.24) is 5.32 Å². The average Bonchev–Trinajstić information content (AvgIpc) is 2.81. The number of rotatable bonds is 6. The number of carbonyl (C=O) groups excluding carboxylic acids is 1. The number of hydrogen-bond acceptors (Lipinski definition) is 1. The summed E-state index contributed by atoms with van der Waals surface area (Å²) in [5, 5.41) is 3.30. The van der Waals surface area contributed by atoms with Gasteiger partial charge in [-0.3, -0.25) is 4.79 Å². The molecular formula is C28H29NO. The lowest BCUT2D eigenvalue weighted by molar-refractivity contribution is -0.116. The molecule has 0 fully saturated rings. The van der Waals surface area contributed by atoms with Gasteiger partial charge in [0, 0.05) is 5.57 Å². The van der Waals surface area contributed by atoms with Crippen LogP contribution in [0.25, 0.3) is 11.6 Å². The number of benzene rings is 3. The van der Waals surface area contributed by atoms with E-state index in [9.17, 15) is 4.79 Å². The van der Waals surface area contributed by atoms with Gasteiger partial charge in [0.15, 0.2) is 0 Å². The molecule has 2 heteroatoms. The summed E-state index contributed by atoms with van der Waals surface area (Å²) in [6, 6.07) is 26.7. The normalized spacial score (nSPS) is 14.6. The first-order chi connectivity index (χ1) is 14.7. The molecule has 3 aromatic carbocycles. The van der Waals surface area contributed by atoms with Crippen LogP contribution in [0, 0.1) is 0 Å². The number of aryl methyl sites for hydroxylation is 2. The largest absolute Gasteiger partial charge is 0.345 e. The summed E-state index contributed by atoms with van der Waals surface area (Å²) in [5.41, 5.74) is 6.78. The molecule has 1 aliphatic rings. The van der Waals surface area contributed by atoms with Gasteiger partial charge in [-0.15, -0.1) is 0 Å². The van der Waals surface area contributed by atoms with E-state index in [1.165, 1.54) is 36.0 Å². The third-order valence-electron chi connectivity index (χ3n) is 5.93. The molecule has 30 heavy (non-hydrogen) atoms. The maximum Gasteiger partial charge on any atom is 0.252 e. The van der Waals surface area contributed by atoms with Gasteiger partial charge in [0.1, 0.15) is 0 Å². The molecule has 0 spiro atoms. The van der Waals surface area contributed by atoms with Crippen molar-refractivity contribution in [2.24, 2.45) is 0 Å². The third-order valence-corrected chi connectivity index (χ3v) is 5.93. The van der Waals surface area contributed by atoms with Crippen LogP contribution in [0.15, 0.2) is 78.9 Å². The van der Waals surface area contributed by atoms with E-state index in [2.05, 4.69) is 30.4 Å². The number of amides is 1. The minimum atomic E-state index is -0.0328. The van der Waals surface area contributed by atoms with Gasteiger partial charge < -0.3 is 5.32 Å². The number of hydrogen-bond donors (Lipinski definition) is 1. The highest BCUT2D eigenvalue weighted by molar-refractivity contribution is 6.24. The predicted molar refractivity (Wildman–Crippen MR) is 125 cm³/mol. The topological polar surface area (TPSA) is 29.1 Å². The zero-order valence-electron chi connectivity index (χ0n) is 17.6. The molecule has 0 saturated carbocycles. The Morgan fingerprint density at radius 3 is 2.27 bits per heavy atom. The van der Waals surface area contributed by atoms with Gasteiger partial charge in [-0.25, -0.2) is 0 Å². The maximum absolute atomic E-state index is 13.4. The Hall–Kier alpha value is -3.13. The van der Waals surface area contributed by atoms with Crippen LogP contribution >= 0.6 is 0 Å². The minimum absolute atomic E-state index is 0.00705. The first-order valence-corrected chi connectivity index (χ1v) is 11.0. The second kappa shape index (κ2) is 9.58. The molecule has 0 heterocycles. The van der Waals surface area contributed by atoms with Crippen molar-refractivity contribution < 1.29 is 4.79 Å². The lowest BCUT2D eigenvalue weighted by atomic mass is 9.88. The fourth-order valence-electron chi connectivity index (χ4n) is 4.24. The van der Waals surface area contributed by atoms with Gasteiger partial charge in [-0.2, -0.15) is 0 Å². The Labute approximate surface area is 179 Å². The van der Waals surface area contributed by atoms with Crippen molar-refractivity contribution in [1.29, 1.82) is 0 Å². The Kier molecular flexibility index (Phi) is 6.44. The van der Waals surface area contributed by atoms with Crippen LogP contribution in [0.5, 0.6) is 0 Å². The lowest BCUT2D eigenvalue weighted by Gasteiger charge is -2.22. The SMILES string of the molecule is CC[C@@H](NC(=O)/C(=C/c1ccccc1)c1ccccc1)c1ccc2c(c1)CCCC2. The first kappa shape index (κ1) is 20.2. The van der Waals surface area contributed by atoms with E-state index in [-0.39, 0.29) is 11.9 Å². The fourth-order valence-corrected chi connectivity index (χ4v) is 4.24.